The number of rotatable bonds is 5. The number of piperazine rings is 1. The fourth-order valence-electron chi connectivity index (χ4n) is 2.84. The van der Waals surface area contributed by atoms with Crippen LogP contribution in [0.4, 0.5) is 0 Å². The molecule has 0 bridgehead atoms. The third kappa shape index (κ3) is 4.18. The van der Waals surface area contributed by atoms with Gasteiger partial charge in [-0.15, -0.1) is 0 Å². The van der Waals surface area contributed by atoms with E-state index in [0.717, 1.165) is 39.1 Å². The van der Waals surface area contributed by atoms with Gasteiger partial charge in [-0.25, -0.2) is 0 Å². The molecule has 116 valence electrons. The number of hydrogen-bond acceptors (Lipinski definition) is 3. The molecular weight excluding hydrogens is 292 g/mol. The Morgan fingerprint density at radius 2 is 1.77 bits per heavy atom. The molecular formula is C18H22N2OS. The summed E-state index contributed by atoms with van der Waals surface area (Å²) >= 11 is 1.70. The normalized spacial score (nSPS) is 15.9. The van der Waals surface area contributed by atoms with Crippen molar-refractivity contribution in [1.82, 2.24) is 9.80 Å². The number of benzene rings is 1. The van der Waals surface area contributed by atoms with Crippen molar-refractivity contribution in [3.8, 4) is 0 Å². The predicted molar refractivity (Wildman–Crippen MR) is 90.9 cm³/mol. The summed E-state index contributed by atoms with van der Waals surface area (Å²) in [6.07, 6.45) is 1.50. The Balaban J connectivity index is 1.42. The maximum absolute atomic E-state index is 12.3. The smallest absolute Gasteiger partial charge is 0.222 e. The third-order valence-electron chi connectivity index (χ3n) is 4.18. The Kier molecular flexibility index (Phi) is 5.24. The summed E-state index contributed by atoms with van der Waals surface area (Å²) in [4.78, 5) is 16.7. The van der Waals surface area contributed by atoms with E-state index < -0.39 is 0 Å². The van der Waals surface area contributed by atoms with Crippen LogP contribution < -0.4 is 0 Å². The lowest BCUT2D eigenvalue weighted by Gasteiger charge is -2.34. The lowest BCUT2D eigenvalue weighted by Crippen LogP contribution is -2.48. The molecule has 0 aliphatic carbocycles. The zero-order valence-electron chi connectivity index (χ0n) is 12.8. The van der Waals surface area contributed by atoms with Crippen LogP contribution in [0, 0.1) is 0 Å². The summed E-state index contributed by atoms with van der Waals surface area (Å²) in [6, 6.07) is 12.7. The fourth-order valence-corrected chi connectivity index (χ4v) is 3.54. The first-order valence-electron chi connectivity index (χ1n) is 7.86. The number of thiophene rings is 1. The molecule has 22 heavy (non-hydrogen) atoms. The Morgan fingerprint density at radius 3 is 2.45 bits per heavy atom. The molecule has 0 radical (unpaired) electrons. The number of carbonyl (C=O) groups excluding carboxylic acids is 1. The van der Waals surface area contributed by atoms with Crippen molar-refractivity contribution in [2.24, 2.45) is 0 Å². The molecule has 1 aromatic carbocycles. The SMILES string of the molecule is O=C(CCc1ccsc1)N1CCN(Cc2ccccc2)CC1. The molecule has 1 aliphatic rings. The molecule has 0 atom stereocenters. The molecule has 0 unspecified atom stereocenters. The van der Waals surface area contributed by atoms with E-state index in [1.54, 1.807) is 11.3 Å². The van der Waals surface area contributed by atoms with Gasteiger partial charge in [-0.05, 0) is 34.4 Å². The molecule has 0 N–H and O–H groups in total. The minimum absolute atomic E-state index is 0.297. The van der Waals surface area contributed by atoms with Crippen molar-refractivity contribution in [1.29, 1.82) is 0 Å². The Morgan fingerprint density at radius 1 is 1.00 bits per heavy atom. The second kappa shape index (κ2) is 7.56. The average Bonchev–Trinajstić information content (AvgIpc) is 3.08. The Labute approximate surface area is 136 Å². The maximum atomic E-state index is 12.3. The van der Waals surface area contributed by atoms with E-state index in [1.165, 1.54) is 11.1 Å². The number of nitrogens with zero attached hydrogens (tertiary/aromatic N) is 2. The van der Waals surface area contributed by atoms with Crippen LogP contribution in [0.15, 0.2) is 47.2 Å². The lowest BCUT2D eigenvalue weighted by molar-refractivity contribution is -0.133. The van der Waals surface area contributed by atoms with Gasteiger partial charge in [0.1, 0.15) is 0 Å². The number of amides is 1. The van der Waals surface area contributed by atoms with Crippen molar-refractivity contribution < 1.29 is 4.79 Å². The number of carbonyl (C=O) groups is 1. The fraction of sp³-hybridized carbons (Fsp3) is 0.389. The van der Waals surface area contributed by atoms with E-state index >= 15 is 0 Å². The second-order valence-corrected chi connectivity index (χ2v) is 6.55. The highest BCUT2D eigenvalue weighted by atomic mass is 32.1. The van der Waals surface area contributed by atoms with Crippen LogP contribution in [0.2, 0.25) is 0 Å². The molecule has 1 saturated heterocycles. The molecule has 4 heteroatoms. The quantitative estimate of drug-likeness (QED) is 0.847. The van der Waals surface area contributed by atoms with E-state index in [0.29, 0.717) is 12.3 Å². The van der Waals surface area contributed by atoms with Gasteiger partial charge in [-0.3, -0.25) is 9.69 Å². The first-order valence-corrected chi connectivity index (χ1v) is 8.81. The van der Waals surface area contributed by atoms with Crippen LogP contribution in [0.1, 0.15) is 17.5 Å². The first-order chi connectivity index (χ1) is 10.8. The third-order valence-corrected chi connectivity index (χ3v) is 4.91. The van der Waals surface area contributed by atoms with Gasteiger partial charge in [0.25, 0.3) is 0 Å². The molecule has 0 saturated carbocycles. The first kappa shape index (κ1) is 15.3. The standard InChI is InChI=1S/C18H22N2OS/c21-18(7-6-17-8-13-22-15-17)20-11-9-19(10-12-20)14-16-4-2-1-3-5-16/h1-5,8,13,15H,6-7,9-12,14H2. The van der Waals surface area contributed by atoms with Gasteiger partial charge in [0, 0.05) is 39.1 Å². The minimum atomic E-state index is 0.297. The van der Waals surface area contributed by atoms with Crippen LogP contribution in [-0.4, -0.2) is 41.9 Å². The van der Waals surface area contributed by atoms with Gasteiger partial charge < -0.3 is 4.90 Å². The van der Waals surface area contributed by atoms with E-state index in [2.05, 4.69) is 46.0 Å². The highest BCUT2D eigenvalue weighted by Crippen LogP contribution is 2.12. The van der Waals surface area contributed by atoms with E-state index in [-0.39, 0.29) is 0 Å². The maximum Gasteiger partial charge on any atom is 0.222 e. The molecule has 3 rings (SSSR count). The summed E-state index contributed by atoms with van der Waals surface area (Å²) in [7, 11) is 0. The van der Waals surface area contributed by atoms with Gasteiger partial charge in [0.15, 0.2) is 0 Å². The Bertz CT molecular complexity index is 574. The molecule has 1 aliphatic heterocycles. The van der Waals surface area contributed by atoms with Gasteiger partial charge >= 0.3 is 0 Å². The molecule has 0 spiro atoms. The monoisotopic (exact) mass is 314 g/mol. The summed E-state index contributed by atoms with van der Waals surface area (Å²) < 4.78 is 0. The van der Waals surface area contributed by atoms with Crippen molar-refractivity contribution in [2.75, 3.05) is 26.2 Å². The highest BCUT2D eigenvalue weighted by Gasteiger charge is 2.20. The zero-order valence-corrected chi connectivity index (χ0v) is 13.6. The molecule has 2 aromatic rings. The second-order valence-electron chi connectivity index (χ2n) is 5.77. The molecule has 1 aromatic heterocycles. The molecule has 2 heterocycles. The lowest BCUT2D eigenvalue weighted by atomic mass is 10.1. The zero-order chi connectivity index (χ0) is 15.2. The number of hydrogen-bond donors (Lipinski definition) is 0. The summed E-state index contributed by atoms with van der Waals surface area (Å²) in [5.41, 5.74) is 2.63. The van der Waals surface area contributed by atoms with Crippen LogP contribution >= 0.6 is 11.3 Å². The van der Waals surface area contributed by atoms with Crippen LogP contribution in [0.25, 0.3) is 0 Å². The minimum Gasteiger partial charge on any atom is -0.340 e. The largest absolute Gasteiger partial charge is 0.340 e. The Hall–Kier alpha value is -1.65. The molecule has 1 amide bonds. The van der Waals surface area contributed by atoms with Gasteiger partial charge in [-0.1, -0.05) is 30.3 Å². The van der Waals surface area contributed by atoms with Crippen molar-refractivity contribution >= 4 is 17.2 Å². The van der Waals surface area contributed by atoms with Crippen LogP contribution in [-0.2, 0) is 17.8 Å². The summed E-state index contributed by atoms with van der Waals surface area (Å²) in [5.74, 6) is 0.297. The summed E-state index contributed by atoms with van der Waals surface area (Å²) in [6.45, 7) is 4.64. The van der Waals surface area contributed by atoms with Crippen molar-refractivity contribution in [2.45, 2.75) is 19.4 Å². The van der Waals surface area contributed by atoms with Gasteiger partial charge in [0.2, 0.25) is 5.91 Å². The van der Waals surface area contributed by atoms with Gasteiger partial charge in [-0.2, -0.15) is 11.3 Å². The van der Waals surface area contributed by atoms with E-state index in [4.69, 9.17) is 0 Å². The van der Waals surface area contributed by atoms with E-state index in [1.807, 2.05) is 11.0 Å². The predicted octanol–water partition coefficient (Wildman–Crippen LogP) is 3.03. The van der Waals surface area contributed by atoms with E-state index in [9.17, 15) is 4.79 Å². The van der Waals surface area contributed by atoms with Crippen LogP contribution in [0.3, 0.4) is 0 Å². The van der Waals surface area contributed by atoms with Crippen molar-refractivity contribution in [3.63, 3.8) is 0 Å². The van der Waals surface area contributed by atoms with Crippen molar-refractivity contribution in [3.05, 3.63) is 58.3 Å². The number of aryl methyl sites for hydroxylation is 1. The average molecular weight is 314 g/mol. The van der Waals surface area contributed by atoms with Gasteiger partial charge in [0.05, 0.1) is 0 Å². The summed E-state index contributed by atoms with van der Waals surface area (Å²) in [5, 5.41) is 4.20. The molecule has 3 nitrogen and oxygen atoms in total. The topological polar surface area (TPSA) is 23.6 Å². The highest BCUT2D eigenvalue weighted by molar-refractivity contribution is 7.07. The van der Waals surface area contributed by atoms with Crippen LogP contribution in [0.5, 0.6) is 0 Å². The molecule has 1 fully saturated rings.